The van der Waals surface area contributed by atoms with Crippen molar-refractivity contribution < 1.29 is 9.18 Å². The fraction of sp³-hybridized carbons (Fsp3) is 0.364. The molecule has 0 saturated heterocycles. The van der Waals surface area contributed by atoms with E-state index in [1.807, 2.05) is 13.8 Å². The Morgan fingerprint density at radius 2 is 2.06 bits per heavy atom. The van der Waals surface area contributed by atoms with Gasteiger partial charge in [-0.05, 0) is 25.1 Å². The first-order valence-electron chi connectivity index (χ1n) is 4.82. The van der Waals surface area contributed by atoms with Gasteiger partial charge in [0.2, 0.25) is 0 Å². The molecule has 0 spiro atoms. The van der Waals surface area contributed by atoms with Crippen LogP contribution in [0.4, 0.5) is 4.39 Å². The average molecular weight is 353 g/mol. The van der Waals surface area contributed by atoms with Crippen molar-refractivity contribution in [1.29, 1.82) is 0 Å². The highest BCUT2D eigenvalue weighted by Gasteiger charge is 2.16. The Hall–Kier alpha value is -0.420. The summed E-state index contributed by atoms with van der Waals surface area (Å²) in [6.07, 6.45) is 0. The molecule has 0 aliphatic heterocycles. The number of halogens is 3. The summed E-state index contributed by atoms with van der Waals surface area (Å²) in [7, 11) is 0. The van der Waals surface area contributed by atoms with Crippen molar-refractivity contribution in [1.82, 2.24) is 5.32 Å². The maximum Gasteiger partial charge on any atom is 0.254 e. The molecule has 16 heavy (non-hydrogen) atoms. The van der Waals surface area contributed by atoms with E-state index in [0.29, 0.717) is 4.47 Å². The van der Waals surface area contributed by atoms with Gasteiger partial charge in [-0.15, -0.1) is 0 Å². The predicted octanol–water partition coefficient (Wildman–Crippen LogP) is 3.49. The molecule has 1 N–H and O–H groups in total. The Balaban J connectivity index is 2.81. The summed E-state index contributed by atoms with van der Waals surface area (Å²) in [6.45, 7) is 3.77. The molecule has 0 fully saturated rings. The molecule has 1 rings (SSSR count). The van der Waals surface area contributed by atoms with Crippen LogP contribution in [-0.4, -0.2) is 16.8 Å². The van der Waals surface area contributed by atoms with Crippen molar-refractivity contribution in [3.8, 4) is 0 Å². The van der Waals surface area contributed by atoms with Crippen LogP contribution in [-0.2, 0) is 0 Å². The van der Waals surface area contributed by atoms with Crippen molar-refractivity contribution >= 4 is 37.8 Å². The van der Waals surface area contributed by atoms with Gasteiger partial charge in [-0.2, -0.15) is 0 Å². The van der Waals surface area contributed by atoms with Crippen LogP contribution in [0.1, 0.15) is 24.2 Å². The summed E-state index contributed by atoms with van der Waals surface area (Å²) >= 11 is 6.50. The number of hydrogen-bond donors (Lipinski definition) is 1. The third-order valence-corrected chi connectivity index (χ3v) is 3.51. The SMILES string of the molecule is CC(NC(=O)c1ccc(Br)cc1F)[C@@H](C)Br. The van der Waals surface area contributed by atoms with Crippen LogP contribution in [0.25, 0.3) is 0 Å². The van der Waals surface area contributed by atoms with Crippen LogP contribution in [0, 0.1) is 5.82 Å². The highest BCUT2D eigenvalue weighted by Crippen LogP contribution is 2.15. The Kier molecular flexibility index (Phi) is 4.92. The largest absolute Gasteiger partial charge is 0.348 e. The van der Waals surface area contributed by atoms with Crippen molar-refractivity contribution in [2.24, 2.45) is 0 Å². The predicted molar refractivity (Wildman–Crippen MR) is 69.4 cm³/mol. The second kappa shape index (κ2) is 5.77. The van der Waals surface area contributed by atoms with Gasteiger partial charge in [0.25, 0.3) is 5.91 Å². The second-order valence-corrected chi connectivity index (χ2v) is 5.92. The van der Waals surface area contributed by atoms with Crippen LogP contribution in [0.2, 0.25) is 0 Å². The molecular weight excluding hydrogens is 341 g/mol. The van der Waals surface area contributed by atoms with Gasteiger partial charge in [0.1, 0.15) is 5.82 Å². The molecule has 1 aromatic rings. The molecule has 0 saturated carbocycles. The second-order valence-electron chi connectivity index (χ2n) is 3.56. The van der Waals surface area contributed by atoms with Gasteiger partial charge in [0.05, 0.1) is 5.56 Å². The quantitative estimate of drug-likeness (QED) is 0.829. The van der Waals surface area contributed by atoms with E-state index in [1.165, 1.54) is 12.1 Å². The number of nitrogens with one attached hydrogen (secondary N) is 1. The van der Waals surface area contributed by atoms with E-state index in [1.54, 1.807) is 6.07 Å². The lowest BCUT2D eigenvalue weighted by atomic mass is 10.1. The van der Waals surface area contributed by atoms with Gasteiger partial charge in [0.15, 0.2) is 0 Å². The molecule has 88 valence electrons. The first-order chi connectivity index (χ1) is 7.41. The number of rotatable bonds is 3. The maximum atomic E-state index is 13.4. The Morgan fingerprint density at radius 1 is 1.44 bits per heavy atom. The minimum atomic E-state index is -0.527. The minimum absolute atomic E-state index is 0.0585. The summed E-state index contributed by atoms with van der Waals surface area (Å²) in [6, 6.07) is 4.31. The molecular formula is C11H12Br2FNO. The van der Waals surface area contributed by atoms with Gasteiger partial charge in [-0.25, -0.2) is 4.39 Å². The van der Waals surface area contributed by atoms with E-state index in [2.05, 4.69) is 37.2 Å². The highest BCUT2D eigenvalue weighted by atomic mass is 79.9. The monoisotopic (exact) mass is 351 g/mol. The van der Waals surface area contributed by atoms with E-state index in [-0.39, 0.29) is 16.4 Å². The molecule has 1 amide bonds. The summed E-state index contributed by atoms with van der Waals surface area (Å²) in [5, 5.41) is 2.71. The lowest BCUT2D eigenvalue weighted by Gasteiger charge is -2.16. The molecule has 0 bridgehead atoms. The van der Waals surface area contributed by atoms with Gasteiger partial charge in [-0.1, -0.05) is 38.8 Å². The van der Waals surface area contributed by atoms with Gasteiger partial charge < -0.3 is 5.32 Å². The zero-order valence-electron chi connectivity index (χ0n) is 8.93. The number of carbonyl (C=O) groups excluding carboxylic acids is 1. The highest BCUT2D eigenvalue weighted by molar-refractivity contribution is 9.10. The average Bonchev–Trinajstić information content (AvgIpc) is 2.16. The Labute approximate surface area is 111 Å². The molecule has 0 aliphatic rings. The fourth-order valence-electron chi connectivity index (χ4n) is 1.07. The van der Waals surface area contributed by atoms with E-state index < -0.39 is 11.7 Å². The zero-order valence-corrected chi connectivity index (χ0v) is 12.1. The molecule has 1 aromatic carbocycles. The molecule has 2 nitrogen and oxygen atoms in total. The number of carbonyl (C=O) groups is 1. The number of alkyl halides is 1. The smallest absolute Gasteiger partial charge is 0.254 e. The van der Waals surface area contributed by atoms with Crippen LogP contribution in [0.3, 0.4) is 0 Å². The number of amides is 1. The summed E-state index contributed by atoms with van der Waals surface area (Å²) in [5.41, 5.74) is 0.0585. The van der Waals surface area contributed by atoms with E-state index in [0.717, 1.165) is 0 Å². The van der Waals surface area contributed by atoms with E-state index >= 15 is 0 Å². The zero-order chi connectivity index (χ0) is 12.3. The third kappa shape index (κ3) is 3.56. The molecule has 0 aliphatic carbocycles. The normalized spacial score (nSPS) is 14.3. The van der Waals surface area contributed by atoms with Crippen molar-refractivity contribution in [2.75, 3.05) is 0 Å². The van der Waals surface area contributed by atoms with Crippen LogP contribution in [0.15, 0.2) is 22.7 Å². The number of benzene rings is 1. The fourth-order valence-corrected chi connectivity index (χ4v) is 1.54. The molecule has 0 aromatic heterocycles. The van der Waals surface area contributed by atoms with Crippen LogP contribution < -0.4 is 5.32 Å². The van der Waals surface area contributed by atoms with E-state index in [9.17, 15) is 9.18 Å². The molecule has 0 heterocycles. The first kappa shape index (κ1) is 13.6. The first-order valence-corrected chi connectivity index (χ1v) is 6.52. The number of hydrogen-bond acceptors (Lipinski definition) is 1. The van der Waals surface area contributed by atoms with Gasteiger partial charge >= 0.3 is 0 Å². The Morgan fingerprint density at radius 3 is 2.56 bits per heavy atom. The van der Waals surface area contributed by atoms with Crippen molar-refractivity contribution in [3.05, 3.63) is 34.1 Å². The van der Waals surface area contributed by atoms with Crippen LogP contribution in [0.5, 0.6) is 0 Å². The lowest BCUT2D eigenvalue weighted by Crippen LogP contribution is -2.37. The third-order valence-electron chi connectivity index (χ3n) is 2.22. The van der Waals surface area contributed by atoms with Crippen molar-refractivity contribution in [3.63, 3.8) is 0 Å². The Bertz CT molecular complexity index is 396. The van der Waals surface area contributed by atoms with E-state index in [4.69, 9.17) is 0 Å². The van der Waals surface area contributed by atoms with Crippen LogP contribution >= 0.6 is 31.9 Å². The maximum absolute atomic E-state index is 13.4. The topological polar surface area (TPSA) is 29.1 Å². The molecule has 2 atom stereocenters. The molecule has 0 radical (unpaired) electrons. The molecule has 5 heteroatoms. The molecule has 1 unspecified atom stereocenters. The van der Waals surface area contributed by atoms with Gasteiger partial charge in [0, 0.05) is 15.3 Å². The standard InChI is InChI=1S/C11H12Br2FNO/c1-6(12)7(2)15-11(16)9-4-3-8(13)5-10(9)14/h3-7H,1-2H3,(H,15,16)/t6-,7?/m1/s1. The van der Waals surface area contributed by atoms with Crippen molar-refractivity contribution in [2.45, 2.75) is 24.7 Å². The summed E-state index contributed by atoms with van der Waals surface area (Å²) in [4.78, 5) is 11.8. The lowest BCUT2D eigenvalue weighted by molar-refractivity contribution is 0.0936. The van der Waals surface area contributed by atoms with Gasteiger partial charge in [-0.3, -0.25) is 4.79 Å². The summed E-state index contributed by atoms with van der Waals surface area (Å²) < 4.78 is 14.1. The summed E-state index contributed by atoms with van der Waals surface area (Å²) in [5.74, 6) is -0.926. The minimum Gasteiger partial charge on any atom is -0.348 e.